The van der Waals surface area contributed by atoms with Crippen molar-refractivity contribution in [1.29, 1.82) is 0 Å². The summed E-state index contributed by atoms with van der Waals surface area (Å²) in [7, 11) is 0. The summed E-state index contributed by atoms with van der Waals surface area (Å²) < 4.78 is 5.99. The number of halogens is 1. The van der Waals surface area contributed by atoms with Crippen molar-refractivity contribution < 1.29 is 4.42 Å². The molecule has 2 heterocycles. The lowest BCUT2D eigenvalue weighted by molar-refractivity contribution is 0.669. The molecule has 0 amide bonds. The van der Waals surface area contributed by atoms with Gasteiger partial charge in [-0.25, -0.2) is 9.97 Å². The van der Waals surface area contributed by atoms with E-state index in [1.54, 1.807) is 0 Å². The van der Waals surface area contributed by atoms with Gasteiger partial charge < -0.3 is 4.42 Å². The second-order valence-corrected chi connectivity index (χ2v) is 8.08. The molecule has 3 nitrogen and oxygen atoms in total. The molecule has 0 aliphatic carbocycles. The van der Waals surface area contributed by atoms with Gasteiger partial charge in [0, 0.05) is 32.5 Å². The van der Waals surface area contributed by atoms with Crippen LogP contribution in [0.2, 0.25) is 5.02 Å². The molecule has 152 valence electrons. The van der Waals surface area contributed by atoms with E-state index in [-0.39, 0.29) is 0 Å². The second kappa shape index (κ2) is 7.63. The number of benzene rings is 4. The summed E-state index contributed by atoms with van der Waals surface area (Å²) in [6.45, 7) is 0. The molecule has 6 rings (SSSR count). The van der Waals surface area contributed by atoms with Crippen LogP contribution in [-0.2, 0) is 0 Å². The van der Waals surface area contributed by atoms with Crippen LogP contribution in [0.1, 0.15) is 0 Å². The van der Waals surface area contributed by atoms with Crippen molar-refractivity contribution in [3.05, 3.63) is 108 Å². The van der Waals surface area contributed by atoms with E-state index < -0.39 is 0 Å². The molecule has 0 spiro atoms. The number of rotatable bonds is 3. The van der Waals surface area contributed by atoms with Crippen molar-refractivity contribution in [1.82, 2.24) is 9.97 Å². The highest BCUT2D eigenvalue weighted by Crippen LogP contribution is 2.34. The van der Waals surface area contributed by atoms with Crippen molar-refractivity contribution >= 4 is 33.5 Å². The Kier molecular flexibility index (Phi) is 4.48. The van der Waals surface area contributed by atoms with E-state index in [1.165, 1.54) is 0 Å². The van der Waals surface area contributed by atoms with Gasteiger partial charge in [0.2, 0.25) is 0 Å². The normalized spacial score (nSPS) is 11.3. The molecule has 0 atom stereocenters. The van der Waals surface area contributed by atoms with Crippen LogP contribution in [0.15, 0.2) is 108 Å². The van der Waals surface area contributed by atoms with Gasteiger partial charge in [-0.05, 0) is 42.5 Å². The molecule has 6 aromatic rings. The molecule has 32 heavy (non-hydrogen) atoms. The largest absolute Gasteiger partial charge is 0.456 e. The fourth-order valence-corrected chi connectivity index (χ4v) is 4.15. The van der Waals surface area contributed by atoms with Crippen molar-refractivity contribution in [2.45, 2.75) is 0 Å². The van der Waals surface area contributed by atoms with Gasteiger partial charge in [-0.2, -0.15) is 0 Å². The average Bonchev–Trinajstić information content (AvgIpc) is 3.22. The number of fused-ring (bicyclic) bond motifs is 3. The zero-order valence-electron chi connectivity index (χ0n) is 17.0. The monoisotopic (exact) mass is 432 g/mol. The summed E-state index contributed by atoms with van der Waals surface area (Å²) >= 11 is 6.25. The maximum absolute atomic E-state index is 6.25. The van der Waals surface area contributed by atoms with Crippen LogP contribution in [0.4, 0.5) is 0 Å². The van der Waals surface area contributed by atoms with Crippen LogP contribution in [0, 0.1) is 0 Å². The summed E-state index contributed by atoms with van der Waals surface area (Å²) in [6.07, 6.45) is 0. The molecule has 0 aliphatic rings. The summed E-state index contributed by atoms with van der Waals surface area (Å²) in [5, 5.41) is 2.70. The Hall–Kier alpha value is -3.95. The molecule has 0 N–H and O–H groups in total. The third-order valence-corrected chi connectivity index (χ3v) is 5.79. The van der Waals surface area contributed by atoms with Crippen molar-refractivity contribution in [3.8, 4) is 33.9 Å². The van der Waals surface area contributed by atoms with Gasteiger partial charge in [0.1, 0.15) is 11.2 Å². The third-order valence-electron chi connectivity index (χ3n) is 5.55. The number of aromatic nitrogens is 2. The van der Waals surface area contributed by atoms with E-state index in [9.17, 15) is 0 Å². The lowest BCUT2D eigenvalue weighted by Gasteiger charge is -2.09. The summed E-state index contributed by atoms with van der Waals surface area (Å²) in [5.41, 5.74) is 6.41. The minimum Gasteiger partial charge on any atom is -0.456 e. The lowest BCUT2D eigenvalue weighted by atomic mass is 10.0. The van der Waals surface area contributed by atoms with E-state index in [1.807, 2.05) is 84.9 Å². The van der Waals surface area contributed by atoms with Crippen LogP contribution in [0.25, 0.3) is 55.8 Å². The van der Waals surface area contributed by atoms with Gasteiger partial charge in [-0.15, -0.1) is 0 Å². The Morgan fingerprint density at radius 3 is 1.84 bits per heavy atom. The molecular weight excluding hydrogens is 416 g/mol. The van der Waals surface area contributed by atoms with Gasteiger partial charge in [-0.3, -0.25) is 0 Å². The first-order chi connectivity index (χ1) is 15.7. The van der Waals surface area contributed by atoms with E-state index in [2.05, 4.69) is 18.2 Å². The lowest BCUT2D eigenvalue weighted by Crippen LogP contribution is -1.95. The molecule has 0 saturated carbocycles. The predicted molar refractivity (Wildman–Crippen MR) is 131 cm³/mol. The van der Waals surface area contributed by atoms with Crippen molar-refractivity contribution in [2.75, 3.05) is 0 Å². The quantitative estimate of drug-likeness (QED) is 0.284. The first-order valence-electron chi connectivity index (χ1n) is 10.4. The Morgan fingerprint density at radius 1 is 0.531 bits per heavy atom. The van der Waals surface area contributed by atoms with E-state index in [0.717, 1.165) is 50.0 Å². The summed E-state index contributed by atoms with van der Waals surface area (Å²) in [4.78, 5) is 9.79. The molecule has 0 aliphatic heterocycles. The highest BCUT2D eigenvalue weighted by molar-refractivity contribution is 6.31. The average molecular weight is 433 g/mol. The Balaban J connectivity index is 1.58. The second-order valence-electron chi connectivity index (χ2n) is 7.65. The minimum atomic E-state index is 0.686. The third kappa shape index (κ3) is 3.33. The van der Waals surface area contributed by atoms with E-state index >= 15 is 0 Å². The maximum Gasteiger partial charge on any atom is 0.160 e. The number of hydrogen-bond donors (Lipinski definition) is 0. The number of hydrogen-bond acceptors (Lipinski definition) is 3. The minimum absolute atomic E-state index is 0.686. The fourth-order valence-electron chi connectivity index (χ4n) is 3.98. The zero-order chi connectivity index (χ0) is 21.5. The Bertz CT molecular complexity index is 1520. The van der Waals surface area contributed by atoms with Crippen LogP contribution in [0.5, 0.6) is 0 Å². The molecule has 0 saturated heterocycles. The number of nitrogens with zero attached hydrogens (tertiary/aromatic N) is 2. The molecule has 4 heteroatoms. The highest BCUT2D eigenvalue weighted by Gasteiger charge is 2.13. The predicted octanol–water partition coefficient (Wildman–Crippen LogP) is 8.03. The smallest absolute Gasteiger partial charge is 0.160 e. The Morgan fingerprint density at radius 2 is 1.12 bits per heavy atom. The van der Waals surface area contributed by atoms with Crippen LogP contribution >= 0.6 is 11.6 Å². The van der Waals surface area contributed by atoms with Gasteiger partial charge in [0.05, 0.1) is 11.4 Å². The first kappa shape index (κ1) is 18.8. The fraction of sp³-hybridized carbons (Fsp3) is 0. The molecule has 0 radical (unpaired) electrons. The Labute approximate surface area is 190 Å². The topological polar surface area (TPSA) is 38.9 Å². The molecule has 4 aromatic carbocycles. The molecular formula is C28H17ClN2O. The first-order valence-corrected chi connectivity index (χ1v) is 10.7. The summed E-state index contributed by atoms with van der Waals surface area (Å²) in [6, 6.07) is 34.1. The maximum atomic E-state index is 6.25. The van der Waals surface area contributed by atoms with Crippen molar-refractivity contribution in [2.24, 2.45) is 0 Å². The molecule has 0 fully saturated rings. The van der Waals surface area contributed by atoms with Gasteiger partial charge in [0.25, 0.3) is 0 Å². The van der Waals surface area contributed by atoms with Crippen LogP contribution in [-0.4, -0.2) is 9.97 Å². The SMILES string of the molecule is Clc1ccc2oc3ccc(-c4cc(-c5ccccc5)nc(-c5ccccc5)n4)cc3c2c1. The summed E-state index contributed by atoms with van der Waals surface area (Å²) in [5.74, 6) is 0.696. The standard InChI is InChI=1S/C28H17ClN2O/c29-21-12-14-27-23(16-21)22-15-20(11-13-26(22)32-27)25-17-24(18-7-3-1-4-8-18)30-28(31-25)19-9-5-2-6-10-19/h1-17H. The number of furan rings is 1. The van der Waals surface area contributed by atoms with Gasteiger partial charge in [0.15, 0.2) is 5.82 Å². The van der Waals surface area contributed by atoms with Crippen LogP contribution in [0.3, 0.4) is 0 Å². The molecule has 2 aromatic heterocycles. The molecule has 0 unspecified atom stereocenters. The van der Waals surface area contributed by atoms with Gasteiger partial charge >= 0.3 is 0 Å². The van der Waals surface area contributed by atoms with E-state index in [0.29, 0.717) is 10.8 Å². The molecule has 0 bridgehead atoms. The van der Waals surface area contributed by atoms with Gasteiger partial charge in [-0.1, -0.05) is 72.3 Å². The zero-order valence-corrected chi connectivity index (χ0v) is 17.8. The van der Waals surface area contributed by atoms with Crippen LogP contribution < -0.4 is 0 Å². The van der Waals surface area contributed by atoms with E-state index in [4.69, 9.17) is 26.0 Å². The highest BCUT2D eigenvalue weighted by atomic mass is 35.5. The van der Waals surface area contributed by atoms with Crippen molar-refractivity contribution in [3.63, 3.8) is 0 Å².